The second-order valence-electron chi connectivity index (χ2n) is 24.5. The van der Waals surface area contributed by atoms with Gasteiger partial charge in [0.05, 0.1) is 46.9 Å². The lowest BCUT2D eigenvalue weighted by atomic mass is 9.94. The van der Waals surface area contributed by atoms with Gasteiger partial charge in [-0.2, -0.15) is 0 Å². The predicted octanol–water partition coefficient (Wildman–Crippen LogP) is 25.3. The Morgan fingerprint density at radius 2 is 1.14 bits per heavy atom. The Morgan fingerprint density at radius 3 is 1.90 bits per heavy atom. The van der Waals surface area contributed by atoms with Crippen LogP contribution in [0.2, 0.25) is 0 Å². The van der Waals surface area contributed by atoms with Gasteiger partial charge < -0.3 is 13.4 Å². The van der Waals surface area contributed by atoms with Gasteiger partial charge in [0.2, 0.25) is 0 Å². The van der Waals surface area contributed by atoms with E-state index in [9.17, 15) is 0 Å². The summed E-state index contributed by atoms with van der Waals surface area (Å²) in [6, 6.07) is 80.3. The molecule has 462 valence electrons. The fraction of sp³-hybridized carbons (Fsp3) is 0.0353. The molecule has 0 fully saturated rings. The number of thiophene rings is 3. The number of furan rings is 2. The molecule has 97 heavy (non-hydrogen) atoms. The molecule has 0 atom stereocenters. The van der Waals surface area contributed by atoms with Gasteiger partial charge in [-0.1, -0.05) is 115 Å². The highest BCUT2D eigenvalue weighted by Crippen LogP contribution is 2.48. The minimum atomic E-state index is 0.734. The van der Waals surface area contributed by atoms with Crippen LogP contribution < -0.4 is 0 Å². The maximum atomic E-state index is 5.89. The van der Waals surface area contributed by atoms with Crippen molar-refractivity contribution in [3.8, 4) is 115 Å². The molecule has 12 heteroatoms. The van der Waals surface area contributed by atoms with E-state index in [4.69, 9.17) is 18.8 Å². The number of aromatic nitrogens is 5. The van der Waals surface area contributed by atoms with Crippen LogP contribution in [0, 0.1) is 13.8 Å². The fourth-order valence-electron chi connectivity index (χ4n) is 13.5. The summed E-state index contributed by atoms with van der Waals surface area (Å²) in [7, 11) is 0. The molecular weight excluding hydrogens is 1280 g/mol. The average molecular weight is 1340 g/mol. The van der Waals surface area contributed by atoms with Gasteiger partial charge in [0.1, 0.15) is 16.2 Å². The minimum absolute atomic E-state index is 0.734. The molecular formula is C85H55N5O2S5. The summed E-state index contributed by atoms with van der Waals surface area (Å²) in [6.07, 6.45) is 15.9. The Morgan fingerprint density at radius 1 is 0.474 bits per heavy atom. The van der Waals surface area contributed by atoms with Gasteiger partial charge in [-0.25, -0.2) is 9.97 Å². The number of hydrogen-bond acceptors (Lipinski definition) is 11. The standard InChI is InChI=1S/C85H55N5O2S5/c1-50-13-5-4-10-32-93-82(37-50)60-39-58(53-23-26-80-69(44-53)84-65(17-11-20-81(84)97-80)64-15-7-8-16-66(64)85-89-86-49-94-85)38-59(40-60)78-27-28-79(95-78)61-41-62(83-47-56-14-6-9-19-77(56)96-83)43-63(42-61)90-74-24-21-54(70-33-51(2)35-72(87-70)57-29-31-91-48-57)45-67(74)68-46-55(22-25-75(68)90)71-34-52(3)36-73(88-71)76-18-12-30-92-76/h4-31,33-49H,1,32H2,2-3H3/b10-4-,13-5-,82-37-. The number of allylic oxidation sites excluding steroid dienone is 5. The SMILES string of the molecule is C=C1/C=C\C=C/CS/C(c2cc(-c3ccc4sc5cccc(-c6ccccc6-c6nncs6)c5c4c3)cc(-c3ccc(-c4cc(-c5cc6ccccc6s5)cc(-n5c6ccc(-c7cc(C)cc(-c8ccoc8)n7)cc6c6cc(-c7cc(C)cc(-c8ccco8)n7)ccc65)c4)s3)c2)=C\1. The van der Waals surface area contributed by atoms with Crippen molar-refractivity contribution < 1.29 is 8.83 Å². The molecule has 9 aromatic heterocycles. The van der Waals surface area contributed by atoms with Crippen LogP contribution in [0.4, 0.5) is 0 Å². The molecule has 0 saturated carbocycles. The number of fused-ring (bicyclic) bond motifs is 7. The largest absolute Gasteiger partial charge is 0.472 e. The zero-order valence-electron chi connectivity index (χ0n) is 52.5. The Hall–Kier alpha value is -10.8. The molecule has 1 aliphatic heterocycles. The molecule has 0 unspecified atom stereocenters. The summed E-state index contributed by atoms with van der Waals surface area (Å²) in [5, 5.41) is 15.6. The first-order valence-electron chi connectivity index (χ1n) is 31.9. The predicted molar refractivity (Wildman–Crippen MR) is 412 cm³/mol. The van der Waals surface area contributed by atoms with E-state index in [-0.39, 0.29) is 0 Å². The second kappa shape index (κ2) is 24.4. The first kappa shape index (κ1) is 58.7. The summed E-state index contributed by atoms with van der Waals surface area (Å²) in [6.45, 7) is 8.72. The van der Waals surface area contributed by atoms with E-state index >= 15 is 0 Å². The van der Waals surface area contributed by atoms with E-state index in [2.05, 4.69) is 266 Å². The van der Waals surface area contributed by atoms with Crippen LogP contribution in [-0.2, 0) is 0 Å². The van der Waals surface area contributed by atoms with E-state index in [1.165, 1.54) is 55.4 Å². The van der Waals surface area contributed by atoms with Gasteiger partial charge in [0.15, 0.2) is 5.76 Å². The maximum Gasteiger partial charge on any atom is 0.152 e. The average Bonchev–Trinajstić information content (AvgIpc) is 1.61. The van der Waals surface area contributed by atoms with Crippen molar-refractivity contribution in [3.05, 3.63) is 302 Å². The number of rotatable bonds is 12. The summed E-state index contributed by atoms with van der Waals surface area (Å²) >= 11 is 8.92. The lowest BCUT2D eigenvalue weighted by molar-refractivity contribution is 0.568. The van der Waals surface area contributed by atoms with E-state index < -0.39 is 0 Å². The summed E-state index contributed by atoms with van der Waals surface area (Å²) in [5.41, 5.74) is 24.9. The highest BCUT2D eigenvalue weighted by molar-refractivity contribution is 8.08. The minimum Gasteiger partial charge on any atom is -0.472 e. The van der Waals surface area contributed by atoms with Crippen LogP contribution >= 0.6 is 57.1 Å². The first-order valence-corrected chi connectivity index (χ1v) is 36.2. The molecule has 18 rings (SSSR count). The number of pyridine rings is 2. The lowest BCUT2D eigenvalue weighted by Gasteiger charge is -2.14. The molecule has 17 aromatic rings. The normalized spacial score (nSPS) is 14.0. The lowest BCUT2D eigenvalue weighted by Crippen LogP contribution is -1.96. The fourth-order valence-corrected chi connectivity index (χ4v) is 18.2. The van der Waals surface area contributed by atoms with Crippen LogP contribution in [0.3, 0.4) is 0 Å². The number of aryl methyl sites for hydroxylation is 2. The van der Waals surface area contributed by atoms with E-state index in [0.717, 1.165) is 145 Å². The Labute approximate surface area is 579 Å². The van der Waals surface area contributed by atoms with E-state index in [1.54, 1.807) is 30.1 Å². The Kier molecular flexibility index (Phi) is 14.8. The highest BCUT2D eigenvalue weighted by atomic mass is 32.2. The number of benzene rings is 8. The van der Waals surface area contributed by atoms with Crippen molar-refractivity contribution in [1.82, 2.24) is 24.7 Å². The summed E-state index contributed by atoms with van der Waals surface area (Å²) in [4.78, 5) is 15.2. The van der Waals surface area contributed by atoms with Crippen LogP contribution in [0.5, 0.6) is 0 Å². The van der Waals surface area contributed by atoms with Gasteiger partial charge in [0.25, 0.3) is 0 Å². The van der Waals surface area contributed by atoms with Crippen molar-refractivity contribution in [2.75, 3.05) is 5.75 Å². The van der Waals surface area contributed by atoms with E-state index in [1.807, 2.05) is 69.5 Å². The van der Waals surface area contributed by atoms with Gasteiger partial charge in [-0.05, 0) is 232 Å². The monoisotopic (exact) mass is 1340 g/mol. The van der Waals surface area contributed by atoms with Gasteiger partial charge in [-0.15, -0.1) is 56.0 Å². The molecule has 0 bridgehead atoms. The molecule has 0 amide bonds. The third-order valence-corrected chi connectivity index (χ3v) is 23.2. The van der Waals surface area contributed by atoms with Gasteiger partial charge in [-0.3, -0.25) is 0 Å². The van der Waals surface area contributed by atoms with E-state index in [0.29, 0.717) is 0 Å². The third-order valence-electron chi connectivity index (χ3n) is 18.0. The molecule has 0 N–H and O–H groups in total. The quantitative estimate of drug-likeness (QED) is 0.120. The molecule has 8 aromatic carbocycles. The van der Waals surface area contributed by atoms with Crippen molar-refractivity contribution in [2.24, 2.45) is 0 Å². The van der Waals surface area contributed by atoms with Crippen molar-refractivity contribution in [3.63, 3.8) is 0 Å². The molecule has 1 aliphatic rings. The summed E-state index contributed by atoms with van der Waals surface area (Å²) < 4.78 is 17.6. The smallest absolute Gasteiger partial charge is 0.152 e. The molecule has 0 spiro atoms. The Balaban J connectivity index is 0.806. The van der Waals surface area contributed by atoms with Crippen LogP contribution in [0.15, 0.2) is 294 Å². The van der Waals surface area contributed by atoms with Crippen molar-refractivity contribution in [2.45, 2.75) is 13.8 Å². The molecule has 7 nitrogen and oxygen atoms in total. The Bertz CT molecular complexity index is 5900. The van der Waals surface area contributed by atoms with Gasteiger partial charge in [0, 0.05) is 88.9 Å². The first-order chi connectivity index (χ1) is 47.7. The zero-order valence-corrected chi connectivity index (χ0v) is 56.6. The van der Waals surface area contributed by atoms with Crippen molar-refractivity contribution >= 4 is 114 Å². The molecule has 0 radical (unpaired) electrons. The highest BCUT2D eigenvalue weighted by Gasteiger charge is 2.22. The van der Waals surface area contributed by atoms with Crippen LogP contribution in [0.25, 0.3) is 172 Å². The zero-order chi connectivity index (χ0) is 64.7. The third kappa shape index (κ3) is 11.0. The second-order valence-corrected chi connectivity index (χ2v) is 29.6. The number of nitrogens with zero attached hydrogens (tertiary/aromatic N) is 5. The topological polar surface area (TPSA) is 82.8 Å². The molecule has 10 heterocycles. The van der Waals surface area contributed by atoms with Crippen LogP contribution in [-0.4, -0.2) is 30.5 Å². The van der Waals surface area contributed by atoms with Crippen molar-refractivity contribution in [1.29, 1.82) is 0 Å². The maximum absolute atomic E-state index is 5.89. The molecule has 0 aliphatic carbocycles. The van der Waals surface area contributed by atoms with Crippen LogP contribution in [0.1, 0.15) is 16.7 Å². The molecule has 0 saturated heterocycles. The summed E-state index contributed by atoms with van der Waals surface area (Å²) in [5.74, 6) is 1.57. The number of thioether (sulfide) groups is 1. The van der Waals surface area contributed by atoms with Gasteiger partial charge >= 0.3 is 0 Å². The number of hydrogen-bond donors (Lipinski definition) is 0.